The Morgan fingerprint density at radius 1 is 1.41 bits per heavy atom. The van der Waals surface area contributed by atoms with E-state index in [0.717, 1.165) is 12.1 Å². The molecule has 1 saturated heterocycles. The molecule has 2 heterocycles. The molecule has 0 amide bonds. The molecule has 94 valence electrons. The van der Waals surface area contributed by atoms with Crippen LogP contribution in [0.25, 0.3) is 0 Å². The minimum atomic E-state index is -2.81. The molecule has 1 aliphatic carbocycles. The lowest BCUT2D eigenvalue weighted by Crippen LogP contribution is -2.13. The van der Waals surface area contributed by atoms with Crippen molar-refractivity contribution in [1.29, 1.82) is 0 Å². The first kappa shape index (κ1) is 11.7. The minimum absolute atomic E-state index is 0.114. The fraction of sp³-hybridized carbons (Fsp3) is 0.727. The second-order valence-corrected chi connectivity index (χ2v) is 8.24. The number of rotatable bonds is 3. The molecule has 0 bridgehead atoms. The molecule has 0 radical (unpaired) electrons. The van der Waals surface area contributed by atoms with E-state index in [-0.39, 0.29) is 10.7 Å². The highest BCUT2D eigenvalue weighted by atomic mass is 79.9. The average Bonchev–Trinajstić information content (AvgIpc) is 2.89. The molecule has 0 spiro atoms. The zero-order chi connectivity index (χ0) is 12.0. The van der Waals surface area contributed by atoms with E-state index in [4.69, 9.17) is 0 Å². The molecule has 2 atom stereocenters. The Bertz CT molecular complexity index is 521. The van der Waals surface area contributed by atoms with Gasteiger partial charge in [-0.2, -0.15) is 0 Å². The van der Waals surface area contributed by atoms with Gasteiger partial charge in [-0.15, -0.1) is 0 Å². The Kier molecular flexibility index (Phi) is 2.82. The third kappa shape index (κ3) is 2.29. The smallest absolute Gasteiger partial charge is 0.150 e. The van der Waals surface area contributed by atoms with E-state index >= 15 is 0 Å². The molecular formula is C11H15BrN2O2S. The average molecular weight is 319 g/mol. The lowest BCUT2D eigenvalue weighted by molar-refractivity contribution is 0.550. The number of halogens is 1. The largest absolute Gasteiger partial charge is 0.330 e. The van der Waals surface area contributed by atoms with Gasteiger partial charge < -0.3 is 4.57 Å². The van der Waals surface area contributed by atoms with Crippen LogP contribution in [0.5, 0.6) is 0 Å². The first-order valence-electron chi connectivity index (χ1n) is 5.93. The molecule has 0 aromatic carbocycles. The van der Waals surface area contributed by atoms with Gasteiger partial charge in [-0.25, -0.2) is 13.4 Å². The van der Waals surface area contributed by atoms with Gasteiger partial charge >= 0.3 is 0 Å². The maximum Gasteiger partial charge on any atom is 0.150 e. The van der Waals surface area contributed by atoms with Gasteiger partial charge in [0.2, 0.25) is 0 Å². The highest BCUT2D eigenvalue weighted by molar-refractivity contribution is 9.09. The van der Waals surface area contributed by atoms with E-state index in [0.29, 0.717) is 17.5 Å². The van der Waals surface area contributed by atoms with Crippen LogP contribution in [0, 0.1) is 5.92 Å². The highest BCUT2D eigenvalue weighted by Crippen LogP contribution is 2.42. The van der Waals surface area contributed by atoms with Crippen LogP contribution in [0.15, 0.2) is 12.5 Å². The number of sulfone groups is 1. The fourth-order valence-electron chi connectivity index (χ4n) is 2.48. The van der Waals surface area contributed by atoms with Crippen molar-refractivity contribution in [2.75, 3.05) is 11.5 Å². The summed E-state index contributed by atoms with van der Waals surface area (Å²) >= 11 is 3.67. The summed E-state index contributed by atoms with van der Waals surface area (Å²) in [6, 6.07) is 0.588. The molecular weight excluding hydrogens is 304 g/mol. The summed E-state index contributed by atoms with van der Waals surface area (Å²) in [6.45, 7) is 0. The van der Waals surface area contributed by atoms with Crippen LogP contribution < -0.4 is 0 Å². The van der Waals surface area contributed by atoms with Gasteiger partial charge in [-0.3, -0.25) is 0 Å². The first-order chi connectivity index (χ1) is 8.07. The van der Waals surface area contributed by atoms with Crippen LogP contribution in [-0.2, 0) is 9.84 Å². The summed E-state index contributed by atoms with van der Waals surface area (Å²) in [6.07, 6.45) is 6.92. The maximum atomic E-state index is 11.5. The summed E-state index contributed by atoms with van der Waals surface area (Å²) in [7, 11) is -2.81. The predicted molar refractivity (Wildman–Crippen MR) is 68.9 cm³/mol. The van der Waals surface area contributed by atoms with Crippen molar-refractivity contribution in [2.45, 2.75) is 30.1 Å². The van der Waals surface area contributed by atoms with Crippen LogP contribution in [0.1, 0.15) is 35.8 Å². The normalized spacial score (nSPS) is 29.4. The van der Waals surface area contributed by atoms with E-state index in [1.165, 1.54) is 12.8 Å². The van der Waals surface area contributed by atoms with Crippen molar-refractivity contribution >= 4 is 25.8 Å². The standard InChI is InChI=1S/C11H15BrN2O2S/c12-11(8-3-4-17(15,16)6-8)10-5-13-7-14(10)9-1-2-9/h5,7-9,11H,1-4,6H2. The molecule has 2 unspecified atom stereocenters. The van der Waals surface area contributed by atoms with Crippen LogP contribution in [0.3, 0.4) is 0 Å². The number of nitrogens with zero attached hydrogens (tertiary/aromatic N) is 2. The van der Waals surface area contributed by atoms with Crippen molar-refractivity contribution in [3.63, 3.8) is 0 Å². The molecule has 1 aromatic heterocycles. The molecule has 0 N–H and O–H groups in total. The Hall–Kier alpha value is -0.360. The number of hydrogen-bond donors (Lipinski definition) is 0. The van der Waals surface area contributed by atoms with Gasteiger partial charge in [0.1, 0.15) is 0 Å². The van der Waals surface area contributed by atoms with Crippen LogP contribution >= 0.6 is 15.9 Å². The first-order valence-corrected chi connectivity index (χ1v) is 8.67. The molecule has 2 fully saturated rings. The topological polar surface area (TPSA) is 52.0 Å². The molecule has 1 aliphatic heterocycles. The molecule has 17 heavy (non-hydrogen) atoms. The number of hydrogen-bond acceptors (Lipinski definition) is 3. The van der Waals surface area contributed by atoms with E-state index in [1.807, 2.05) is 12.5 Å². The van der Waals surface area contributed by atoms with Gasteiger partial charge in [0.15, 0.2) is 9.84 Å². The molecule has 3 rings (SSSR count). The van der Waals surface area contributed by atoms with Crippen molar-refractivity contribution in [2.24, 2.45) is 5.92 Å². The fourth-order valence-corrected chi connectivity index (χ4v) is 5.38. The van der Waals surface area contributed by atoms with Crippen molar-refractivity contribution in [1.82, 2.24) is 9.55 Å². The second-order valence-electron chi connectivity index (χ2n) is 5.02. The van der Waals surface area contributed by atoms with Crippen LogP contribution in [0.4, 0.5) is 0 Å². The Labute approximate surface area is 109 Å². The SMILES string of the molecule is O=S1(=O)CCC(C(Br)c2cncn2C2CC2)C1. The number of imidazole rings is 1. The van der Waals surface area contributed by atoms with Crippen molar-refractivity contribution < 1.29 is 8.42 Å². The summed E-state index contributed by atoms with van der Waals surface area (Å²) in [5.41, 5.74) is 1.13. The van der Waals surface area contributed by atoms with Gasteiger partial charge in [0.05, 0.1) is 28.4 Å². The zero-order valence-electron chi connectivity index (χ0n) is 9.42. The van der Waals surface area contributed by atoms with E-state index in [9.17, 15) is 8.42 Å². The van der Waals surface area contributed by atoms with Crippen LogP contribution in [0.2, 0.25) is 0 Å². The Morgan fingerprint density at radius 3 is 2.76 bits per heavy atom. The van der Waals surface area contributed by atoms with E-state index in [2.05, 4.69) is 25.5 Å². The summed E-state index contributed by atoms with van der Waals surface area (Å²) in [4.78, 5) is 4.31. The third-order valence-electron chi connectivity index (χ3n) is 3.60. The number of aromatic nitrogens is 2. The quantitative estimate of drug-likeness (QED) is 0.802. The lowest BCUT2D eigenvalue weighted by Gasteiger charge is -2.17. The molecule has 1 saturated carbocycles. The summed E-state index contributed by atoms with van der Waals surface area (Å²) in [5.74, 6) is 0.824. The van der Waals surface area contributed by atoms with E-state index in [1.54, 1.807) is 0 Å². The second kappa shape index (κ2) is 4.09. The molecule has 6 heteroatoms. The summed E-state index contributed by atoms with van der Waals surface area (Å²) in [5, 5.41) is 0. The van der Waals surface area contributed by atoms with Gasteiger partial charge in [-0.05, 0) is 25.2 Å². The van der Waals surface area contributed by atoms with Crippen molar-refractivity contribution in [3.8, 4) is 0 Å². The van der Waals surface area contributed by atoms with Gasteiger partial charge in [-0.1, -0.05) is 15.9 Å². The third-order valence-corrected chi connectivity index (χ3v) is 6.61. The van der Waals surface area contributed by atoms with Crippen molar-refractivity contribution in [3.05, 3.63) is 18.2 Å². The molecule has 2 aliphatic rings. The Morgan fingerprint density at radius 2 is 2.18 bits per heavy atom. The maximum absolute atomic E-state index is 11.5. The Balaban J connectivity index is 1.81. The number of alkyl halides is 1. The monoisotopic (exact) mass is 318 g/mol. The van der Waals surface area contributed by atoms with Gasteiger partial charge in [0.25, 0.3) is 0 Å². The molecule has 4 nitrogen and oxygen atoms in total. The predicted octanol–water partition coefficient (Wildman–Crippen LogP) is 2.09. The van der Waals surface area contributed by atoms with Gasteiger partial charge in [0, 0.05) is 12.2 Å². The minimum Gasteiger partial charge on any atom is -0.330 e. The van der Waals surface area contributed by atoms with Crippen LogP contribution in [-0.4, -0.2) is 29.5 Å². The molecule has 1 aromatic rings. The summed E-state index contributed by atoms with van der Waals surface area (Å²) < 4.78 is 25.2. The lowest BCUT2D eigenvalue weighted by atomic mass is 10.0. The van der Waals surface area contributed by atoms with E-state index < -0.39 is 9.84 Å². The highest BCUT2D eigenvalue weighted by Gasteiger charge is 2.36. The zero-order valence-corrected chi connectivity index (χ0v) is 11.8.